The van der Waals surface area contributed by atoms with Gasteiger partial charge in [0.25, 0.3) is 0 Å². The van der Waals surface area contributed by atoms with Crippen molar-refractivity contribution in [2.75, 3.05) is 13.7 Å². The Morgan fingerprint density at radius 1 is 1.00 bits per heavy atom. The van der Waals surface area contributed by atoms with Crippen LogP contribution in [0.4, 0.5) is 4.79 Å². The first-order valence-electron chi connectivity index (χ1n) is 10.6. The molecular formula is C25H28NO6-. The predicted molar refractivity (Wildman–Crippen MR) is 117 cm³/mol. The Morgan fingerprint density at radius 2 is 1.53 bits per heavy atom. The molecule has 1 amide bonds. The van der Waals surface area contributed by atoms with Crippen LogP contribution in [0.3, 0.4) is 0 Å². The Balaban J connectivity index is 1.64. The fraction of sp³-hybridized carbons (Fsp3) is 0.400. The topological polar surface area (TPSA) is 96.0 Å². The van der Waals surface area contributed by atoms with Crippen molar-refractivity contribution in [3.8, 4) is 11.1 Å². The number of carbonyl (C=O) groups excluding carboxylic acids is 3. The van der Waals surface area contributed by atoms with Crippen molar-refractivity contribution in [3.63, 3.8) is 0 Å². The second-order valence-electron chi connectivity index (χ2n) is 8.87. The van der Waals surface area contributed by atoms with Gasteiger partial charge in [-0.15, -0.1) is 0 Å². The molecule has 0 heterocycles. The van der Waals surface area contributed by atoms with Crippen LogP contribution < -0.4 is 5.11 Å². The van der Waals surface area contributed by atoms with Gasteiger partial charge in [0.15, 0.2) is 0 Å². The van der Waals surface area contributed by atoms with E-state index in [1.807, 2.05) is 48.5 Å². The number of amides is 1. The number of carbonyl (C=O) groups is 3. The maximum absolute atomic E-state index is 12.6. The van der Waals surface area contributed by atoms with Crippen LogP contribution >= 0.6 is 0 Å². The number of fused-ring (bicyclic) bond motifs is 3. The van der Waals surface area contributed by atoms with E-state index >= 15 is 0 Å². The Labute approximate surface area is 187 Å². The van der Waals surface area contributed by atoms with E-state index in [-0.39, 0.29) is 25.4 Å². The number of hydrogen-bond acceptors (Lipinski definition) is 6. The molecule has 0 bridgehead atoms. The summed E-state index contributed by atoms with van der Waals surface area (Å²) in [6, 6.07) is 14.6. The maximum atomic E-state index is 12.6. The Morgan fingerprint density at radius 3 is 2.03 bits per heavy atom. The van der Waals surface area contributed by atoms with E-state index in [4.69, 9.17) is 9.47 Å². The number of carboxylic acids is 1. The van der Waals surface area contributed by atoms with Gasteiger partial charge < -0.3 is 24.3 Å². The number of aliphatic carboxylic acids is 1. The van der Waals surface area contributed by atoms with Crippen molar-refractivity contribution in [3.05, 3.63) is 59.7 Å². The van der Waals surface area contributed by atoms with Crippen LogP contribution in [0.2, 0.25) is 0 Å². The lowest BCUT2D eigenvalue weighted by molar-refractivity contribution is -0.311. The minimum atomic E-state index is -1.45. The largest absolute Gasteiger partial charge is 0.548 e. The van der Waals surface area contributed by atoms with Gasteiger partial charge in [0.1, 0.15) is 12.2 Å². The van der Waals surface area contributed by atoms with E-state index < -0.39 is 29.7 Å². The zero-order valence-corrected chi connectivity index (χ0v) is 18.8. The lowest BCUT2D eigenvalue weighted by atomic mass is 9.98. The van der Waals surface area contributed by atoms with Gasteiger partial charge in [-0.05, 0) is 49.4 Å². The standard InChI is InChI=1S/C25H29NO6/c1-25(2,3)32-22(27)14-13-21(23(28)29)26(4)24(30)31-15-20-18-11-7-5-9-16(18)17-10-6-8-12-19(17)20/h5-12,20-21H,13-15H2,1-4H3,(H,28,29)/p-1/t21-/m1/s1. The summed E-state index contributed by atoms with van der Waals surface area (Å²) in [7, 11) is 1.33. The lowest BCUT2D eigenvalue weighted by Crippen LogP contribution is -2.49. The first kappa shape index (κ1) is 23.3. The fourth-order valence-electron chi connectivity index (χ4n) is 3.94. The minimum Gasteiger partial charge on any atom is -0.548 e. The summed E-state index contributed by atoms with van der Waals surface area (Å²) in [6.45, 7) is 5.25. The number of esters is 1. The lowest BCUT2D eigenvalue weighted by Gasteiger charge is -2.29. The summed E-state index contributed by atoms with van der Waals surface area (Å²) in [5.41, 5.74) is 3.65. The van der Waals surface area contributed by atoms with E-state index in [1.165, 1.54) is 7.05 Å². The third-order valence-electron chi connectivity index (χ3n) is 5.41. The van der Waals surface area contributed by atoms with Crippen LogP contribution in [0.5, 0.6) is 0 Å². The molecule has 0 aliphatic heterocycles. The zero-order valence-electron chi connectivity index (χ0n) is 18.8. The van der Waals surface area contributed by atoms with Crippen LogP contribution in [-0.2, 0) is 19.1 Å². The molecule has 0 spiro atoms. The molecule has 0 saturated heterocycles. The van der Waals surface area contributed by atoms with Crippen molar-refractivity contribution in [2.24, 2.45) is 0 Å². The molecule has 0 unspecified atom stereocenters. The molecule has 7 heteroatoms. The molecule has 0 N–H and O–H groups in total. The van der Waals surface area contributed by atoms with E-state index in [2.05, 4.69) is 0 Å². The van der Waals surface area contributed by atoms with Crippen LogP contribution in [-0.4, -0.2) is 48.2 Å². The quantitative estimate of drug-likeness (QED) is 0.617. The molecular weight excluding hydrogens is 410 g/mol. The second-order valence-corrected chi connectivity index (χ2v) is 8.87. The molecule has 0 radical (unpaired) electrons. The normalized spacial score (nSPS) is 13.6. The van der Waals surface area contributed by atoms with Gasteiger partial charge in [0.2, 0.25) is 0 Å². The summed E-state index contributed by atoms with van der Waals surface area (Å²) >= 11 is 0. The molecule has 0 aromatic heterocycles. The van der Waals surface area contributed by atoms with Crippen LogP contribution in [0, 0.1) is 0 Å². The van der Waals surface area contributed by atoms with Crippen molar-refractivity contribution >= 4 is 18.0 Å². The third kappa shape index (κ3) is 5.28. The fourth-order valence-corrected chi connectivity index (χ4v) is 3.94. The van der Waals surface area contributed by atoms with E-state index in [9.17, 15) is 19.5 Å². The first-order chi connectivity index (χ1) is 15.1. The van der Waals surface area contributed by atoms with Gasteiger partial charge >= 0.3 is 12.1 Å². The molecule has 2 aromatic rings. The Bertz CT molecular complexity index is 964. The predicted octanol–water partition coefficient (Wildman–Crippen LogP) is 3.11. The smallest absolute Gasteiger partial charge is 0.410 e. The SMILES string of the molecule is CN(C(=O)OCC1c2ccccc2-c2ccccc21)[C@H](CCC(=O)OC(C)(C)C)C(=O)[O-]. The molecule has 0 saturated carbocycles. The van der Waals surface area contributed by atoms with Gasteiger partial charge in [-0.25, -0.2) is 4.79 Å². The third-order valence-corrected chi connectivity index (χ3v) is 5.41. The molecule has 3 rings (SSSR count). The highest BCUT2D eigenvalue weighted by Crippen LogP contribution is 2.44. The molecule has 1 aliphatic carbocycles. The molecule has 7 nitrogen and oxygen atoms in total. The summed E-state index contributed by atoms with van der Waals surface area (Å²) in [6.07, 6.45) is -1.07. The van der Waals surface area contributed by atoms with Gasteiger partial charge in [-0.1, -0.05) is 48.5 Å². The Hall–Kier alpha value is -3.35. The highest BCUT2D eigenvalue weighted by molar-refractivity contribution is 5.81. The van der Waals surface area contributed by atoms with Crippen molar-refractivity contribution in [1.29, 1.82) is 0 Å². The summed E-state index contributed by atoms with van der Waals surface area (Å²) in [5, 5.41) is 11.6. The number of rotatable bonds is 7. The van der Waals surface area contributed by atoms with Gasteiger partial charge in [0.05, 0.1) is 12.0 Å². The monoisotopic (exact) mass is 438 g/mol. The number of nitrogens with zero attached hydrogens (tertiary/aromatic N) is 1. The van der Waals surface area contributed by atoms with Gasteiger partial charge in [-0.3, -0.25) is 4.79 Å². The summed E-state index contributed by atoms with van der Waals surface area (Å²) in [4.78, 5) is 37.2. The first-order valence-corrected chi connectivity index (χ1v) is 10.6. The highest BCUT2D eigenvalue weighted by Gasteiger charge is 2.30. The van der Waals surface area contributed by atoms with Crippen LogP contribution in [0.15, 0.2) is 48.5 Å². The minimum absolute atomic E-state index is 0.0725. The molecule has 0 fully saturated rings. The van der Waals surface area contributed by atoms with Crippen molar-refractivity contribution < 1.29 is 29.0 Å². The molecule has 170 valence electrons. The highest BCUT2D eigenvalue weighted by atomic mass is 16.6. The molecule has 2 aromatic carbocycles. The van der Waals surface area contributed by atoms with Crippen molar-refractivity contribution in [1.82, 2.24) is 4.90 Å². The Kier molecular flexibility index (Phi) is 6.87. The maximum Gasteiger partial charge on any atom is 0.410 e. The van der Waals surface area contributed by atoms with Gasteiger partial charge in [0, 0.05) is 19.4 Å². The number of benzene rings is 2. The molecule has 32 heavy (non-hydrogen) atoms. The number of carboxylic acid groups (broad SMARTS) is 1. The summed E-state index contributed by atoms with van der Waals surface area (Å²) < 4.78 is 10.7. The van der Waals surface area contributed by atoms with Gasteiger partial charge in [-0.2, -0.15) is 0 Å². The molecule has 1 atom stereocenters. The molecule has 1 aliphatic rings. The average molecular weight is 439 g/mol. The zero-order chi connectivity index (χ0) is 23.5. The average Bonchev–Trinajstić information content (AvgIpc) is 3.04. The van der Waals surface area contributed by atoms with E-state index in [0.29, 0.717) is 0 Å². The number of likely N-dealkylation sites (N-methyl/N-ethyl adjacent to an activating group) is 1. The summed E-state index contributed by atoms with van der Waals surface area (Å²) in [5.74, 6) is -2.13. The van der Waals surface area contributed by atoms with E-state index in [0.717, 1.165) is 27.2 Å². The van der Waals surface area contributed by atoms with Crippen molar-refractivity contribution in [2.45, 2.75) is 51.2 Å². The number of ether oxygens (including phenoxy) is 2. The van der Waals surface area contributed by atoms with Crippen LogP contribution in [0.25, 0.3) is 11.1 Å². The number of hydrogen-bond donors (Lipinski definition) is 0. The second kappa shape index (κ2) is 9.42. The van der Waals surface area contributed by atoms with Crippen LogP contribution in [0.1, 0.15) is 50.7 Å². The van der Waals surface area contributed by atoms with E-state index in [1.54, 1.807) is 20.8 Å².